The first-order chi connectivity index (χ1) is 7.70. The van der Waals surface area contributed by atoms with Crippen molar-refractivity contribution in [3.63, 3.8) is 0 Å². The van der Waals surface area contributed by atoms with Gasteiger partial charge >= 0.3 is 6.18 Å². The smallest absolute Gasteiger partial charge is 0.422 e. The summed E-state index contributed by atoms with van der Waals surface area (Å²) >= 11 is 2.81. The fourth-order valence-electron chi connectivity index (χ4n) is 0.988. The number of benzene rings is 1. The van der Waals surface area contributed by atoms with E-state index in [9.17, 15) is 22.4 Å². The van der Waals surface area contributed by atoms with Crippen LogP contribution in [0.25, 0.3) is 0 Å². The number of amides is 1. The SMILES string of the molecule is NC(=O)c1cc(OCC(F)(F)F)c(Br)cc1F. The Hall–Kier alpha value is -1.31. The predicted molar refractivity (Wildman–Crippen MR) is 54.2 cm³/mol. The fraction of sp³-hybridized carbons (Fsp3) is 0.222. The molecule has 0 aliphatic rings. The third-order valence-electron chi connectivity index (χ3n) is 1.68. The van der Waals surface area contributed by atoms with E-state index in [0.717, 1.165) is 12.1 Å². The monoisotopic (exact) mass is 315 g/mol. The Balaban J connectivity index is 3.00. The Bertz CT molecular complexity index is 447. The summed E-state index contributed by atoms with van der Waals surface area (Å²) in [6.45, 7) is -1.55. The molecule has 0 aliphatic carbocycles. The molecule has 0 aliphatic heterocycles. The molecule has 0 spiro atoms. The van der Waals surface area contributed by atoms with E-state index >= 15 is 0 Å². The molecule has 0 saturated carbocycles. The van der Waals surface area contributed by atoms with E-state index in [-0.39, 0.29) is 10.2 Å². The van der Waals surface area contributed by atoms with Crippen molar-refractivity contribution in [2.24, 2.45) is 5.73 Å². The molecule has 0 radical (unpaired) electrons. The van der Waals surface area contributed by atoms with Gasteiger partial charge in [-0.05, 0) is 28.1 Å². The van der Waals surface area contributed by atoms with Crippen molar-refractivity contribution in [2.45, 2.75) is 6.18 Å². The number of carbonyl (C=O) groups is 1. The standard InChI is InChI=1S/C9H6BrF4NO2/c10-5-2-6(11)4(8(15)16)1-7(5)17-3-9(12,13)14/h1-2H,3H2,(H2,15,16). The summed E-state index contributed by atoms with van der Waals surface area (Å²) in [6.07, 6.45) is -4.53. The molecule has 1 amide bonds. The number of alkyl halides is 3. The zero-order valence-corrected chi connectivity index (χ0v) is 9.73. The highest BCUT2D eigenvalue weighted by atomic mass is 79.9. The van der Waals surface area contributed by atoms with E-state index in [0.29, 0.717) is 0 Å². The highest BCUT2D eigenvalue weighted by Gasteiger charge is 2.29. The lowest BCUT2D eigenvalue weighted by Gasteiger charge is -2.11. The zero-order valence-electron chi connectivity index (χ0n) is 8.15. The summed E-state index contributed by atoms with van der Waals surface area (Å²) in [5.41, 5.74) is 4.31. The molecule has 1 aromatic rings. The van der Waals surface area contributed by atoms with Crippen LogP contribution in [0.2, 0.25) is 0 Å². The summed E-state index contributed by atoms with van der Waals surface area (Å²) < 4.78 is 53.2. The van der Waals surface area contributed by atoms with Crippen molar-refractivity contribution in [1.82, 2.24) is 0 Å². The predicted octanol–water partition coefficient (Wildman–Crippen LogP) is 2.63. The normalized spacial score (nSPS) is 11.4. The van der Waals surface area contributed by atoms with Gasteiger partial charge in [-0.2, -0.15) is 13.2 Å². The van der Waals surface area contributed by atoms with Crippen LogP contribution in [-0.4, -0.2) is 18.7 Å². The van der Waals surface area contributed by atoms with Gasteiger partial charge < -0.3 is 10.5 Å². The van der Waals surface area contributed by atoms with Gasteiger partial charge in [-0.1, -0.05) is 0 Å². The first-order valence-electron chi connectivity index (χ1n) is 4.19. The molecule has 0 bridgehead atoms. The summed E-state index contributed by atoms with van der Waals surface area (Å²) in [6, 6.07) is 1.62. The van der Waals surface area contributed by atoms with Crippen LogP contribution < -0.4 is 10.5 Å². The van der Waals surface area contributed by atoms with Crippen molar-refractivity contribution in [1.29, 1.82) is 0 Å². The highest BCUT2D eigenvalue weighted by molar-refractivity contribution is 9.10. The van der Waals surface area contributed by atoms with Crippen molar-refractivity contribution >= 4 is 21.8 Å². The average molecular weight is 316 g/mol. The van der Waals surface area contributed by atoms with Crippen LogP contribution in [0.4, 0.5) is 17.6 Å². The third kappa shape index (κ3) is 3.88. The van der Waals surface area contributed by atoms with Gasteiger partial charge in [0, 0.05) is 0 Å². The van der Waals surface area contributed by atoms with Gasteiger partial charge in [-0.15, -0.1) is 0 Å². The number of carbonyl (C=O) groups excluding carboxylic acids is 1. The van der Waals surface area contributed by atoms with Gasteiger partial charge in [-0.3, -0.25) is 4.79 Å². The highest BCUT2D eigenvalue weighted by Crippen LogP contribution is 2.29. The molecule has 8 heteroatoms. The fourth-order valence-corrected chi connectivity index (χ4v) is 1.42. The van der Waals surface area contributed by atoms with Crippen molar-refractivity contribution < 1.29 is 27.1 Å². The summed E-state index contributed by atoms with van der Waals surface area (Å²) in [7, 11) is 0. The number of rotatable bonds is 3. The molecular weight excluding hydrogens is 310 g/mol. The molecule has 2 N–H and O–H groups in total. The minimum Gasteiger partial charge on any atom is -0.483 e. The molecule has 3 nitrogen and oxygen atoms in total. The number of ether oxygens (including phenoxy) is 1. The first kappa shape index (κ1) is 13.8. The van der Waals surface area contributed by atoms with E-state index in [4.69, 9.17) is 5.73 Å². The van der Waals surface area contributed by atoms with Crippen LogP contribution in [0, 0.1) is 5.82 Å². The molecule has 0 saturated heterocycles. The molecule has 0 aromatic heterocycles. The number of nitrogens with two attached hydrogens (primary N) is 1. The Kier molecular flexibility index (Phi) is 3.97. The summed E-state index contributed by atoms with van der Waals surface area (Å²) in [5, 5.41) is 0. The maximum atomic E-state index is 13.1. The minimum atomic E-state index is -4.53. The molecule has 1 aromatic carbocycles. The number of hydrogen-bond acceptors (Lipinski definition) is 2. The second kappa shape index (κ2) is 4.91. The topological polar surface area (TPSA) is 52.3 Å². The number of hydrogen-bond donors (Lipinski definition) is 1. The quantitative estimate of drug-likeness (QED) is 0.872. The van der Waals surface area contributed by atoms with E-state index in [2.05, 4.69) is 20.7 Å². The Morgan fingerprint density at radius 1 is 1.41 bits per heavy atom. The average Bonchev–Trinajstić information content (AvgIpc) is 2.14. The van der Waals surface area contributed by atoms with Crippen LogP contribution in [0.3, 0.4) is 0 Å². The largest absolute Gasteiger partial charge is 0.483 e. The van der Waals surface area contributed by atoms with Crippen LogP contribution in [-0.2, 0) is 0 Å². The van der Waals surface area contributed by atoms with Gasteiger partial charge in [0.15, 0.2) is 6.61 Å². The summed E-state index contributed by atoms with van der Waals surface area (Å²) in [5.74, 6) is -2.34. The first-order valence-corrected chi connectivity index (χ1v) is 4.98. The lowest BCUT2D eigenvalue weighted by Crippen LogP contribution is -2.20. The Labute approximate surface area is 102 Å². The molecular formula is C9H6BrF4NO2. The number of halogens is 5. The second-order valence-corrected chi connectivity index (χ2v) is 3.88. The summed E-state index contributed by atoms with van der Waals surface area (Å²) in [4.78, 5) is 10.8. The van der Waals surface area contributed by atoms with Crippen LogP contribution in [0.5, 0.6) is 5.75 Å². The van der Waals surface area contributed by atoms with Crippen LogP contribution in [0.15, 0.2) is 16.6 Å². The van der Waals surface area contributed by atoms with Gasteiger partial charge in [-0.25, -0.2) is 4.39 Å². The zero-order chi connectivity index (χ0) is 13.2. The van der Waals surface area contributed by atoms with E-state index in [1.165, 1.54) is 0 Å². The molecule has 0 atom stereocenters. The Morgan fingerprint density at radius 3 is 2.47 bits per heavy atom. The van der Waals surface area contributed by atoms with Gasteiger partial charge in [0.25, 0.3) is 5.91 Å². The molecule has 0 unspecified atom stereocenters. The molecule has 1 rings (SSSR count). The van der Waals surface area contributed by atoms with Crippen molar-refractivity contribution in [2.75, 3.05) is 6.61 Å². The number of primary amides is 1. The van der Waals surface area contributed by atoms with Gasteiger partial charge in [0.05, 0.1) is 10.0 Å². The van der Waals surface area contributed by atoms with Gasteiger partial charge in [0.2, 0.25) is 0 Å². The molecule has 0 fully saturated rings. The minimum absolute atomic E-state index is 0.0377. The lowest BCUT2D eigenvalue weighted by atomic mass is 10.2. The second-order valence-electron chi connectivity index (χ2n) is 3.03. The molecule has 0 heterocycles. The maximum absolute atomic E-state index is 13.1. The van der Waals surface area contributed by atoms with E-state index in [1.807, 2.05) is 0 Å². The van der Waals surface area contributed by atoms with E-state index in [1.54, 1.807) is 0 Å². The van der Waals surface area contributed by atoms with Crippen LogP contribution >= 0.6 is 15.9 Å². The molecule has 94 valence electrons. The van der Waals surface area contributed by atoms with Crippen molar-refractivity contribution in [3.05, 3.63) is 28.0 Å². The van der Waals surface area contributed by atoms with Gasteiger partial charge in [0.1, 0.15) is 11.6 Å². The van der Waals surface area contributed by atoms with E-state index < -0.39 is 30.1 Å². The maximum Gasteiger partial charge on any atom is 0.422 e. The third-order valence-corrected chi connectivity index (χ3v) is 2.30. The lowest BCUT2D eigenvalue weighted by molar-refractivity contribution is -0.153. The molecule has 17 heavy (non-hydrogen) atoms. The van der Waals surface area contributed by atoms with Crippen LogP contribution in [0.1, 0.15) is 10.4 Å². The Morgan fingerprint density at radius 2 is 2.00 bits per heavy atom. The van der Waals surface area contributed by atoms with Crippen molar-refractivity contribution in [3.8, 4) is 5.75 Å².